The zero-order chi connectivity index (χ0) is 68.6. The minimum Gasteiger partial charge on any atom is -0.378 e. The highest BCUT2D eigenvalue weighted by Gasteiger charge is 2.04. The van der Waals surface area contributed by atoms with Gasteiger partial charge in [-0.1, -0.05) is 96.1 Å². The van der Waals surface area contributed by atoms with Crippen molar-refractivity contribution in [1.82, 2.24) is 5.32 Å². The normalized spacial score (nSPS) is 11.8. The van der Waals surface area contributed by atoms with E-state index in [0.717, 1.165) is 12.8 Å². The van der Waals surface area contributed by atoms with E-state index in [2.05, 4.69) is 24.4 Å². The Morgan fingerprint density at radius 2 is 0.396 bits per heavy atom. The Bertz CT molecular complexity index is 1430. The van der Waals surface area contributed by atoms with Crippen LogP contribution in [0, 0.1) is 0 Å². The number of allylic oxidation sites excluding steroid dienone is 2. The quantitative estimate of drug-likeness (QED) is 0.0456. The molecule has 0 radical (unpaired) electrons. The molecular weight excluding hydrogens is 1250 g/mol. The van der Waals surface area contributed by atoms with Gasteiger partial charge in [0.15, 0.2) is 0 Å². The lowest BCUT2D eigenvalue weighted by molar-refractivity contribution is -0.121. The van der Waals surface area contributed by atoms with Crippen LogP contribution in [0.5, 0.6) is 0 Å². The first-order chi connectivity index (χ1) is 47.8. The van der Waals surface area contributed by atoms with Gasteiger partial charge in [0.25, 0.3) is 0 Å². The number of unbranched alkanes of at least 4 members (excludes halogenated alkanes) is 15. The highest BCUT2D eigenvalue weighted by molar-refractivity contribution is 5.75. The van der Waals surface area contributed by atoms with Crippen molar-refractivity contribution in [2.24, 2.45) is 5.73 Å². The number of carbonyl (C=O) groups excluding carboxylic acids is 1. The Hall–Kier alpha value is -1.75. The summed E-state index contributed by atoms with van der Waals surface area (Å²) in [5, 5.41) is 2.95. The molecule has 0 aliphatic carbocycles. The van der Waals surface area contributed by atoms with Crippen molar-refractivity contribution in [2.75, 3.05) is 317 Å². The van der Waals surface area contributed by atoms with Crippen LogP contribution in [0.3, 0.4) is 0 Å². The van der Waals surface area contributed by atoms with Crippen LogP contribution in [0.15, 0.2) is 12.2 Å². The Morgan fingerprint density at radius 3 is 0.594 bits per heavy atom. The molecule has 0 heterocycles. The van der Waals surface area contributed by atoms with Gasteiger partial charge in [0.2, 0.25) is 5.91 Å². The summed E-state index contributed by atoms with van der Waals surface area (Å²) in [6, 6.07) is 0. The minimum absolute atomic E-state index is 0.110. The zero-order valence-corrected chi connectivity index (χ0v) is 60.2. The third-order valence-corrected chi connectivity index (χ3v) is 13.7. The van der Waals surface area contributed by atoms with E-state index in [9.17, 15) is 4.79 Å². The van der Waals surface area contributed by atoms with E-state index in [1.165, 1.54) is 96.3 Å². The third-order valence-electron chi connectivity index (χ3n) is 13.7. The Labute approximate surface area is 580 Å². The third kappa shape index (κ3) is 90.3. The molecule has 3 N–H and O–H groups in total. The van der Waals surface area contributed by atoms with Crippen molar-refractivity contribution in [2.45, 2.75) is 122 Å². The van der Waals surface area contributed by atoms with Gasteiger partial charge in [-0.05, 0) is 32.1 Å². The van der Waals surface area contributed by atoms with Gasteiger partial charge in [-0.25, -0.2) is 0 Å². The highest BCUT2D eigenvalue weighted by Crippen LogP contribution is 2.13. The van der Waals surface area contributed by atoms with E-state index in [1.54, 1.807) is 0 Å². The van der Waals surface area contributed by atoms with Crippen LogP contribution >= 0.6 is 0 Å². The van der Waals surface area contributed by atoms with E-state index >= 15 is 0 Å². The van der Waals surface area contributed by atoms with E-state index in [-0.39, 0.29) is 5.91 Å². The van der Waals surface area contributed by atoms with Crippen LogP contribution < -0.4 is 11.1 Å². The SMILES string of the molecule is CCCCCCCC/C=C\CCCCCCCCCCCC(=O)NCCOCCOCCOCCOCCOCCOCCOCCOCCOCCOCCOCCOCCOCCOCCOCCOCCOCCOCCOCCOCCOCCOCCOCCN. The number of hydrogen-bond acceptors (Lipinski definition) is 25. The summed E-state index contributed by atoms with van der Waals surface area (Å²) in [5.41, 5.74) is 5.35. The predicted octanol–water partition coefficient (Wildman–Crippen LogP) is 7.04. The Balaban J connectivity index is 3.13. The number of carbonyl (C=O) groups is 1. The van der Waals surface area contributed by atoms with Gasteiger partial charge < -0.3 is 120 Å². The summed E-state index contributed by atoms with van der Waals surface area (Å²) in [6.45, 7) is 26.0. The standard InChI is InChI=1S/C70H140N2O24/c1-2-3-4-5-6-7-8-9-10-11-12-13-14-15-16-17-18-19-20-21-70(73)72-23-25-75-27-29-77-31-33-79-35-37-81-39-41-83-43-45-85-47-49-87-51-53-89-55-57-91-59-61-93-63-65-95-67-69-96-68-66-94-64-62-92-60-58-90-56-54-88-52-50-86-48-46-84-44-42-82-40-38-80-36-34-78-32-30-76-28-26-74-24-22-71/h9-10H,2-8,11-69,71H2,1H3,(H,72,73)/b10-9-. The maximum Gasteiger partial charge on any atom is 0.220 e. The van der Waals surface area contributed by atoms with Crippen LogP contribution in [-0.2, 0) is 114 Å². The molecule has 0 spiro atoms. The van der Waals surface area contributed by atoms with E-state index in [1.807, 2.05) is 0 Å². The largest absolute Gasteiger partial charge is 0.378 e. The Morgan fingerprint density at radius 1 is 0.229 bits per heavy atom. The molecular formula is C70H140N2O24. The summed E-state index contributed by atoms with van der Waals surface area (Å²) in [7, 11) is 0. The van der Waals surface area contributed by atoms with Crippen LogP contribution in [0.25, 0.3) is 0 Å². The monoisotopic (exact) mass is 1390 g/mol. The second-order valence-electron chi connectivity index (χ2n) is 22.0. The minimum atomic E-state index is 0.110. The molecule has 0 atom stereocenters. The molecule has 0 aromatic heterocycles. The fourth-order valence-corrected chi connectivity index (χ4v) is 8.44. The van der Waals surface area contributed by atoms with E-state index in [4.69, 9.17) is 115 Å². The van der Waals surface area contributed by atoms with Crippen molar-refractivity contribution >= 4 is 5.91 Å². The van der Waals surface area contributed by atoms with Crippen LogP contribution in [0.4, 0.5) is 0 Å². The molecule has 0 saturated carbocycles. The molecule has 26 heteroatoms. The van der Waals surface area contributed by atoms with Crippen molar-refractivity contribution < 1.29 is 114 Å². The number of hydrogen-bond donors (Lipinski definition) is 2. The van der Waals surface area contributed by atoms with Crippen LogP contribution in [0.1, 0.15) is 122 Å². The van der Waals surface area contributed by atoms with Gasteiger partial charge in [-0.2, -0.15) is 0 Å². The summed E-state index contributed by atoms with van der Waals surface area (Å²) in [6.07, 6.45) is 27.4. The molecule has 0 aliphatic rings. The molecule has 0 aliphatic heterocycles. The lowest BCUT2D eigenvalue weighted by atomic mass is 10.1. The van der Waals surface area contributed by atoms with Crippen LogP contribution in [-0.4, -0.2) is 323 Å². The lowest BCUT2D eigenvalue weighted by Gasteiger charge is -2.09. The predicted molar refractivity (Wildman–Crippen MR) is 369 cm³/mol. The van der Waals surface area contributed by atoms with Gasteiger partial charge in [0.05, 0.1) is 304 Å². The molecule has 0 fully saturated rings. The molecule has 0 bridgehead atoms. The molecule has 1 amide bonds. The van der Waals surface area contributed by atoms with Gasteiger partial charge in [0.1, 0.15) is 0 Å². The molecule has 0 aromatic carbocycles. The summed E-state index contributed by atoms with van der Waals surface area (Å²) >= 11 is 0. The molecule has 574 valence electrons. The summed E-state index contributed by atoms with van der Waals surface area (Å²) < 4.78 is 127. The van der Waals surface area contributed by atoms with Crippen LogP contribution in [0.2, 0.25) is 0 Å². The topological polar surface area (TPSA) is 267 Å². The maximum atomic E-state index is 12.1. The van der Waals surface area contributed by atoms with Gasteiger partial charge in [0, 0.05) is 19.5 Å². The lowest BCUT2D eigenvalue weighted by Crippen LogP contribution is -2.27. The number of nitrogens with one attached hydrogen (secondary N) is 1. The molecule has 26 nitrogen and oxygen atoms in total. The molecule has 0 unspecified atom stereocenters. The smallest absolute Gasteiger partial charge is 0.220 e. The van der Waals surface area contributed by atoms with E-state index in [0.29, 0.717) is 323 Å². The zero-order valence-electron chi connectivity index (χ0n) is 60.2. The molecule has 0 rings (SSSR count). The Kier molecular flexibility index (Phi) is 89.6. The van der Waals surface area contributed by atoms with E-state index < -0.39 is 0 Å². The van der Waals surface area contributed by atoms with Gasteiger partial charge >= 0.3 is 0 Å². The first kappa shape index (κ1) is 94.2. The average molecular weight is 1390 g/mol. The molecule has 96 heavy (non-hydrogen) atoms. The maximum absolute atomic E-state index is 12.1. The number of rotatable bonds is 90. The number of nitrogens with two attached hydrogens (primary N) is 1. The number of ether oxygens (including phenoxy) is 23. The average Bonchev–Trinajstić information content (AvgIpc) is 3.64. The molecule has 0 aromatic rings. The van der Waals surface area contributed by atoms with Gasteiger partial charge in [-0.3, -0.25) is 4.79 Å². The number of amides is 1. The van der Waals surface area contributed by atoms with Crippen molar-refractivity contribution in [3.05, 3.63) is 12.2 Å². The highest BCUT2D eigenvalue weighted by atomic mass is 16.6. The summed E-state index contributed by atoms with van der Waals surface area (Å²) in [4.78, 5) is 12.1. The van der Waals surface area contributed by atoms with Crippen molar-refractivity contribution in [3.63, 3.8) is 0 Å². The second kappa shape index (κ2) is 91.3. The molecule has 0 saturated heterocycles. The fraction of sp³-hybridized carbons (Fsp3) is 0.957. The second-order valence-corrected chi connectivity index (χ2v) is 22.0. The first-order valence-electron chi connectivity index (χ1n) is 36.7. The summed E-state index contributed by atoms with van der Waals surface area (Å²) in [5.74, 6) is 0.110. The van der Waals surface area contributed by atoms with Crippen molar-refractivity contribution in [3.8, 4) is 0 Å². The fourth-order valence-electron chi connectivity index (χ4n) is 8.44. The first-order valence-corrected chi connectivity index (χ1v) is 36.7. The van der Waals surface area contributed by atoms with Crippen molar-refractivity contribution in [1.29, 1.82) is 0 Å². The van der Waals surface area contributed by atoms with Gasteiger partial charge in [-0.15, -0.1) is 0 Å².